The molecule has 10 heteroatoms. The fourth-order valence-electron chi connectivity index (χ4n) is 3.17. The van der Waals surface area contributed by atoms with E-state index in [9.17, 15) is 18.7 Å². The van der Waals surface area contributed by atoms with E-state index in [2.05, 4.69) is 20.3 Å². The zero-order chi connectivity index (χ0) is 22.0. The normalized spacial score (nSPS) is 10.9. The Hall–Kier alpha value is -4.08. The van der Waals surface area contributed by atoms with Gasteiger partial charge in [-0.25, -0.2) is 18.1 Å². The van der Waals surface area contributed by atoms with Crippen LogP contribution < -0.4 is 10.1 Å². The number of ether oxygens (including phenoxy) is 1. The number of carboxylic acid groups (broad SMARTS) is 1. The second-order valence-electron chi connectivity index (χ2n) is 6.62. The van der Waals surface area contributed by atoms with Crippen LogP contribution in [-0.4, -0.2) is 44.4 Å². The highest BCUT2D eigenvalue weighted by atomic mass is 19.1. The monoisotopic (exact) mass is 425 g/mol. The van der Waals surface area contributed by atoms with Crippen molar-refractivity contribution in [1.29, 1.82) is 0 Å². The van der Waals surface area contributed by atoms with Gasteiger partial charge in [0.25, 0.3) is 0 Å². The molecule has 0 saturated heterocycles. The first-order valence-corrected chi connectivity index (χ1v) is 9.27. The Morgan fingerprint density at radius 3 is 2.52 bits per heavy atom. The largest absolute Gasteiger partial charge is 0.467 e. The third-order valence-corrected chi connectivity index (χ3v) is 4.59. The van der Waals surface area contributed by atoms with E-state index in [0.29, 0.717) is 23.9 Å². The van der Waals surface area contributed by atoms with E-state index < -0.39 is 11.9 Å². The summed E-state index contributed by atoms with van der Waals surface area (Å²) in [6, 6.07) is 11.4. The molecule has 2 N–H and O–H groups in total. The van der Waals surface area contributed by atoms with Crippen molar-refractivity contribution >= 4 is 22.9 Å². The lowest BCUT2D eigenvalue weighted by atomic mass is 10.1. The lowest BCUT2D eigenvalue weighted by Gasteiger charge is -2.09. The van der Waals surface area contributed by atoms with Gasteiger partial charge in [0.1, 0.15) is 11.6 Å². The third-order valence-electron chi connectivity index (χ3n) is 4.59. The molecule has 0 radical (unpaired) electrons. The number of rotatable bonds is 6. The van der Waals surface area contributed by atoms with Gasteiger partial charge in [0, 0.05) is 11.9 Å². The molecule has 2 heterocycles. The van der Waals surface area contributed by atoms with E-state index in [-0.39, 0.29) is 29.3 Å². The minimum absolute atomic E-state index is 0.0114. The van der Waals surface area contributed by atoms with E-state index in [4.69, 9.17) is 4.74 Å². The Morgan fingerprint density at radius 1 is 1.06 bits per heavy atom. The van der Waals surface area contributed by atoms with Crippen molar-refractivity contribution in [2.45, 2.75) is 6.42 Å². The second-order valence-corrected chi connectivity index (χ2v) is 6.62. The van der Waals surface area contributed by atoms with Crippen molar-refractivity contribution in [3.63, 3.8) is 0 Å². The molecule has 4 aromatic rings. The van der Waals surface area contributed by atoms with Gasteiger partial charge in [0.15, 0.2) is 5.82 Å². The highest BCUT2D eigenvalue weighted by molar-refractivity contribution is 5.94. The number of anilines is 1. The quantitative estimate of drug-likeness (QED) is 0.482. The van der Waals surface area contributed by atoms with Gasteiger partial charge < -0.3 is 15.2 Å². The van der Waals surface area contributed by atoms with E-state index in [1.54, 1.807) is 12.1 Å². The summed E-state index contributed by atoms with van der Waals surface area (Å²) in [4.78, 5) is 24.5. The number of halogens is 2. The maximum atomic E-state index is 13.6. The molecule has 31 heavy (non-hydrogen) atoms. The first kappa shape index (κ1) is 20.2. The van der Waals surface area contributed by atoms with Gasteiger partial charge in [-0.15, -0.1) is 0 Å². The third kappa shape index (κ3) is 4.27. The van der Waals surface area contributed by atoms with Crippen LogP contribution in [0.5, 0.6) is 6.01 Å². The number of hydrogen-bond acceptors (Lipinski definition) is 6. The van der Waals surface area contributed by atoms with Crippen LogP contribution in [0, 0.1) is 11.6 Å². The molecule has 8 nitrogen and oxygen atoms in total. The van der Waals surface area contributed by atoms with Crippen molar-refractivity contribution in [2.24, 2.45) is 0 Å². The second kappa shape index (κ2) is 8.34. The number of fused-ring (bicyclic) bond motifs is 1. The summed E-state index contributed by atoms with van der Waals surface area (Å²) >= 11 is 0. The van der Waals surface area contributed by atoms with Gasteiger partial charge in [-0.3, -0.25) is 0 Å². The molecule has 0 atom stereocenters. The standard InChI is InChI=1S/C21H17F2N5O3/c1-31-20-26-18(17-11-13-10-15(23)6-7-16(13)28(17)21(29)30)25-19(27-20)24-9-8-12-2-4-14(22)5-3-12/h2-7,10-11H,8-9H2,1H3,(H,29,30)(H,24,25,26,27). The summed E-state index contributed by atoms with van der Waals surface area (Å²) in [7, 11) is 1.38. The molecule has 0 aliphatic carbocycles. The highest BCUT2D eigenvalue weighted by Crippen LogP contribution is 2.28. The average Bonchev–Trinajstić information content (AvgIpc) is 3.14. The highest BCUT2D eigenvalue weighted by Gasteiger charge is 2.20. The summed E-state index contributed by atoms with van der Waals surface area (Å²) in [5, 5.41) is 13.1. The van der Waals surface area contributed by atoms with Crippen molar-refractivity contribution in [3.05, 3.63) is 65.7 Å². The number of carbonyl (C=O) groups is 1. The summed E-state index contributed by atoms with van der Waals surface area (Å²) in [5.74, 6) is -0.567. The van der Waals surface area contributed by atoms with Crippen LogP contribution in [0.1, 0.15) is 5.56 Å². The number of hydrogen-bond donors (Lipinski definition) is 2. The first-order valence-electron chi connectivity index (χ1n) is 9.27. The van der Waals surface area contributed by atoms with Crippen molar-refractivity contribution in [3.8, 4) is 17.5 Å². The van der Waals surface area contributed by atoms with Gasteiger partial charge >= 0.3 is 12.1 Å². The van der Waals surface area contributed by atoms with Crippen molar-refractivity contribution in [2.75, 3.05) is 19.0 Å². The van der Waals surface area contributed by atoms with Crippen LogP contribution in [0.4, 0.5) is 19.5 Å². The molecule has 2 aromatic heterocycles. The van der Waals surface area contributed by atoms with E-state index in [0.717, 1.165) is 10.1 Å². The minimum Gasteiger partial charge on any atom is -0.467 e. The number of nitrogens with one attached hydrogen (secondary N) is 1. The van der Waals surface area contributed by atoms with E-state index >= 15 is 0 Å². The average molecular weight is 425 g/mol. The number of benzene rings is 2. The summed E-state index contributed by atoms with van der Waals surface area (Å²) in [6.45, 7) is 0.436. The Balaban J connectivity index is 1.66. The fraction of sp³-hybridized carbons (Fsp3) is 0.143. The number of nitrogens with zero attached hydrogens (tertiary/aromatic N) is 4. The lowest BCUT2D eigenvalue weighted by molar-refractivity contribution is 0.198. The zero-order valence-corrected chi connectivity index (χ0v) is 16.3. The minimum atomic E-state index is -1.26. The Morgan fingerprint density at radius 2 is 1.81 bits per heavy atom. The number of methoxy groups -OCH3 is 1. The molecule has 0 spiro atoms. The van der Waals surface area contributed by atoms with Gasteiger partial charge in [0.05, 0.1) is 18.3 Å². The smallest absolute Gasteiger partial charge is 0.416 e. The lowest BCUT2D eigenvalue weighted by Crippen LogP contribution is -2.13. The maximum absolute atomic E-state index is 13.6. The van der Waals surface area contributed by atoms with Gasteiger partial charge in [0.2, 0.25) is 5.95 Å². The summed E-state index contributed by atoms with van der Waals surface area (Å²) < 4.78 is 32.8. The molecule has 4 rings (SSSR count). The van der Waals surface area contributed by atoms with Crippen LogP contribution in [0.3, 0.4) is 0 Å². The molecular weight excluding hydrogens is 408 g/mol. The molecule has 0 aliphatic rings. The Kier molecular flexibility index (Phi) is 5.44. The van der Waals surface area contributed by atoms with Crippen molar-refractivity contribution < 1.29 is 23.4 Å². The van der Waals surface area contributed by atoms with Gasteiger partial charge in [-0.05, 0) is 48.4 Å². The van der Waals surface area contributed by atoms with Crippen LogP contribution >= 0.6 is 0 Å². The first-order chi connectivity index (χ1) is 14.9. The predicted octanol–water partition coefficient (Wildman–Crippen LogP) is 3.96. The summed E-state index contributed by atoms with van der Waals surface area (Å²) in [6.07, 6.45) is -0.681. The Labute approximate surface area is 175 Å². The van der Waals surface area contributed by atoms with E-state index in [1.165, 1.54) is 43.5 Å². The topological polar surface area (TPSA) is 102 Å². The van der Waals surface area contributed by atoms with Crippen molar-refractivity contribution in [1.82, 2.24) is 19.5 Å². The zero-order valence-electron chi connectivity index (χ0n) is 16.3. The van der Waals surface area contributed by atoms with Crippen LogP contribution in [0.15, 0.2) is 48.5 Å². The molecule has 0 aliphatic heterocycles. The maximum Gasteiger partial charge on any atom is 0.416 e. The molecular formula is C21H17F2N5O3. The van der Waals surface area contributed by atoms with Gasteiger partial charge in [-0.2, -0.15) is 15.0 Å². The molecule has 0 saturated carbocycles. The Bertz CT molecular complexity index is 1260. The van der Waals surface area contributed by atoms with Crippen LogP contribution in [0.25, 0.3) is 22.4 Å². The molecule has 2 aromatic carbocycles. The number of aromatic nitrogens is 4. The molecule has 0 unspecified atom stereocenters. The van der Waals surface area contributed by atoms with Gasteiger partial charge in [-0.1, -0.05) is 12.1 Å². The SMILES string of the molecule is COc1nc(NCCc2ccc(F)cc2)nc(-c2cc3cc(F)ccc3n2C(=O)O)n1. The van der Waals surface area contributed by atoms with E-state index in [1.807, 2.05) is 0 Å². The summed E-state index contributed by atoms with van der Waals surface area (Å²) in [5.41, 5.74) is 1.37. The van der Waals surface area contributed by atoms with Crippen LogP contribution in [-0.2, 0) is 6.42 Å². The molecule has 0 bridgehead atoms. The molecule has 158 valence electrons. The fourth-order valence-corrected chi connectivity index (χ4v) is 3.17. The molecule has 0 fully saturated rings. The van der Waals surface area contributed by atoms with Crippen LogP contribution in [0.2, 0.25) is 0 Å². The molecule has 0 amide bonds. The predicted molar refractivity (Wildman–Crippen MR) is 109 cm³/mol.